The van der Waals surface area contributed by atoms with Crippen molar-refractivity contribution >= 4 is 23.3 Å². The van der Waals surface area contributed by atoms with Gasteiger partial charge in [-0.2, -0.15) is 5.10 Å². The summed E-state index contributed by atoms with van der Waals surface area (Å²) in [6.45, 7) is 0.870. The van der Waals surface area contributed by atoms with E-state index in [9.17, 15) is 9.59 Å². The summed E-state index contributed by atoms with van der Waals surface area (Å²) in [4.78, 5) is 24.9. The van der Waals surface area contributed by atoms with Crippen molar-refractivity contribution < 1.29 is 9.59 Å². The Bertz CT molecular complexity index is 679. The van der Waals surface area contributed by atoms with Crippen LogP contribution in [0.25, 0.3) is 11.3 Å². The summed E-state index contributed by atoms with van der Waals surface area (Å²) in [6, 6.07) is 9.00. The molecule has 7 nitrogen and oxygen atoms in total. The van der Waals surface area contributed by atoms with Gasteiger partial charge in [0.1, 0.15) is 5.82 Å². The molecular formula is C13H13N5O2. The molecule has 1 fully saturated rings. The van der Waals surface area contributed by atoms with E-state index in [1.165, 1.54) is 4.90 Å². The van der Waals surface area contributed by atoms with Crippen molar-refractivity contribution in [3.63, 3.8) is 0 Å². The van der Waals surface area contributed by atoms with Gasteiger partial charge in [0.05, 0.1) is 11.4 Å². The first kappa shape index (κ1) is 12.2. The Morgan fingerprint density at radius 2 is 2.05 bits per heavy atom. The first-order valence-electron chi connectivity index (χ1n) is 6.17. The van der Waals surface area contributed by atoms with E-state index in [0.717, 1.165) is 5.56 Å². The van der Waals surface area contributed by atoms with Gasteiger partial charge in [-0.3, -0.25) is 14.7 Å². The number of hydrogen-bond acceptors (Lipinski definition) is 4. The molecular weight excluding hydrogens is 258 g/mol. The first-order chi connectivity index (χ1) is 9.66. The number of carbonyl (C=O) groups excluding carboxylic acids is 2. The predicted molar refractivity (Wildman–Crippen MR) is 73.8 cm³/mol. The lowest BCUT2D eigenvalue weighted by atomic mass is 10.1. The van der Waals surface area contributed by atoms with Crippen LogP contribution in [0.1, 0.15) is 0 Å². The van der Waals surface area contributed by atoms with Gasteiger partial charge in [-0.25, -0.2) is 0 Å². The number of anilines is 2. The number of nitrogens with zero attached hydrogens (tertiary/aromatic N) is 2. The first-order valence-corrected chi connectivity index (χ1v) is 6.17. The van der Waals surface area contributed by atoms with Crippen LogP contribution in [0.5, 0.6) is 0 Å². The van der Waals surface area contributed by atoms with E-state index in [4.69, 9.17) is 5.73 Å². The van der Waals surface area contributed by atoms with E-state index in [1.807, 2.05) is 18.2 Å². The Hall–Kier alpha value is -2.83. The fourth-order valence-corrected chi connectivity index (χ4v) is 2.22. The number of aromatic amines is 1. The lowest BCUT2D eigenvalue weighted by Crippen LogP contribution is -2.52. The normalized spacial score (nSPS) is 15.3. The van der Waals surface area contributed by atoms with Crippen LogP contribution in [-0.4, -0.2) is 35.1 Å². The van der Waals surface area contributed by atoms with Gasteiger partial charge < -0.3 is 16.0 Å². The van der Waals surface area contributed by atoms with E-state index in [0.29, 0.717) is 30.3 Å². The number of piperazine rings is 1. The van der Waals surface area contributed by atoms with Crippen LogP contribution >= 0.6 is 0 Å². The Morgan fingerprint density at radius 1 is 1.25 bits per heavy atom. The van der Waals surface area contributed by atoms with Crippen molar-refractivity contribution in [2.24, 2.45) is 0 Å². The minimum atomic E-state index is -0.588. The number of para-hydroxylation sites is 1. The number of nitrogens with one attached hydrogen (secondary N) is 2. The van der Waals surface area contributed by atoms with Crippen molar-refractivity contribution in [2.45, 2.75) is 0 Å². The fraction of sp³-hybridized carbons (Fsp3) is 0.154. The Kier molecular flexibility index (Phi) is 2.86. The van der Waals surface area contributed by atoms with Gasteiger partial charge >= 0.3 is 11.8 Å². The van der Waals surface area contributed by atoms with Gasteiger partial charge in [-0.1, -0.05) is 18.2 Å². The number of nitrogen functional groups attached to an aromatic ring is 1. The minimum absolute atomic E-state index is 0.373. The maximum absolute atomic E-state index is 12.0. The number of carbonyl (C=O) groups is 2. The standard InChI is InChI=1S/C13H13N5O2/c14-11-7-9(16-17-11)8-3-1-2-4-10(8)18-6-5-15-12(19)13(18)20/h1-4,7H,5-6H2,(H,15,19)(H3,14,16,17). The van der Waals surface area contributed by atoms with E-state index in [-0.39, 0.29) is 0 Å². The molecule has 0 atom stereocenters. The maximum atomic E-state index is 12.0. The van der Waals surface area contributed by atoms with Crippen molar-refractivity contribution in [3.8, 4) is 11.3 Å². The Labute approximate surface area is 114 Å². The smallest absolute Gasteiger partial charge is 0.316 e. The molecule has 0 spiro atoms. The highest BCUT2D eigenvalue weighted by molar-refractivity contribution is 6.41. The van der Waals surface area contributed by atoms with Gasteiger partial charge in [0, 0.05) is 24.7 Å². The second-order valence-corrected chi connectivity index (χ2v) is 4.44. The average Bonchev–Trinajstić information content (AvgIpc) is 2.88. The van der Waals surface area contributed by atoms with Crippen LogP contribution in [-0.2, 0) is 9.59 Å². The Balaban J connectivity index is 2.06. The molecule has 102 valence electrons. The Morgan fingerprint density at radius 3 is 2.80 bits per heavy atom. The molecule has 2 heterocycles. The molecule has 2 amide bonds. The highest BCUT2D eigenvalue weighted by atomic mass is 16.2. The van der Waals surface area contributed by atoms with E-state index < -0.39 is 11.8 Å². The predicted octanol–water partition coefficient (Wildman–Crippen LogP) is 0.122. The number of aromatic nitrogens is 2. The zero-order valence-corrected chi connectivity index (χ0v) is 10.6. The molecule has 0 aliphatic carbocycles. The summed E-state index contributed by atoms with van der Waals surface area (Å²) in [7, 11) is 0. The number of rotatable bonds is 2. The highest BCUT2D eigenvalue weighted by Crippen LogP contribution is 2.30. The zero-order valence-electron chi connectivity index (χ0n) is 10.6. The number of benzene rings is 1. The van der Waals surface area contributed by atoms with Crippen LogP contribution < -0.4 is 16.0 Å². The van der Waals surface area contributed by atoms with E-state index >= 15 is 0 Å². The molecule has 1 saturated heterocycles. The quantitative estimate of drug-likeness (QED) is 0.675. The topological polar surface area (TPSA) is 104 Å². The van der Waals surface area contributed by atoms with Crippen molar-refractivity contribution in [1.29, 1.82) is 0 Å². The number of amides is 2. The second kappa shape index (κ2) is 4.69. The number of nitrogens with two attached hydrogens (primary N) is 1. The third kappa shape index (κ3) is 1.99. The maximum Gasteiger partial charge on any atom is 0.316 e. The molecule has 0 bridgehead atoms. The lowest BCUT2D eigenvalue weighted by Gasteiger charge is -2.28. The van der Waals surface area contributed by atoms with Gasteiger partial charge in [0.15, 0.2) is 0 Å². The molecule has 7 heteroatoms. The summed E-state index contributed by atoms with van der Waals surface area (Å²) >= 11 is 0. The number of hydrogen-bond donors (Lipinski definition) is 3. The van der Waals surface area contributed by atoms with Gasteiger partial charge in [-0.15, -0.1) is 0 Å². The monoisotopic (exact) mass is 271 g/mol. The fourth-order valence-electron chi connectivity index (χ4n) is 2.22. The number of H-pyrrole nitrogens is 1. The van der Waals surface area contributed by atoms with Crippen LogP contribution in [0.3, 0.4) is 0 Å². The van der Waals surface area contributed by atoms with Crippen molar-refractivity contribution in [3.05, 3.63) is 30.3 Å². The van der Waals surface area contributed by atoms with Crippen LogP contribution in [0, 0.1) is 0 Å². The van der Waals surface area contributed by atoms with Gasteiger partial charge in [0.25, 0.3) is 0 Å². The molecule has 1 aliphatic rings. The van der Waals surface area contributed by atoms with E-state index in [1.54, 1.807) is 12.1 Å². The molecule has 20 heavy (non-hydrogen) atoms. The van der Waals surface area contributed by atoms with Crippen LogP contribution in [0.2, 0.25) is 0 Å². The SMILES string of the molecule is Nc1cc(-c2ccccc2N2CCNC(=O)C2=O)[nH]n1. The molecule has 4 N–H and O–H groups in total. The lowest BCUT2D eigenvalue weighted by molar-refractivity contribution is -0.138. The molecule has 2 aromatic rings. The van der Waals surface area contributed by atoms with Crippen LogP contribution in [0.15, 0.2) is 30.3 Å². The molecule has 0 unspecified atom stereocenters. The van der Waals surface area contributed by atoms with Gasteiger partial charge in [-0.05, 0) is 6.07 Å². The molecule has 1 aromatic heterocycles. The van der Waals surface area contributed by atoms with E-state index in [2.05, 4.69) is 15.5 Å². The third-order valence-corrected chi connectivity index (χ3v) is 3.14. The molecule has 1 aliphatic heterocycles. The summed E-state index contributed by atoms with van der Waals surface area (Å²) in [5, 5.41) is 9.22. The molecule has 1 aromatic carbocycles. The molecule has 0 radical (unpaired) electrons. The zero-order chi connectivity index (χ0) is 14.1. The van der Waals surface area contributed by atoms with Crippen molar-refractivity contribution in [1.82, 2.24) is 15.5 Å². The minimum Gasteiger partial charge on any atom is -0.382 e. The second-order valence-electron chi connectivity index (χ2n) is 4.44. The average molecular weight is 271 g/mol. The third-order valence-electron chi connectivity index (χ3n) is 3.14. The van der Waals surface area contributed by atoms with Crippen LogP contribution in [0.4, 0.5) is 11.5 Å². The largest absolute Gasteiger partial charge is 0.382 e. The summed E-state index contributed by atoms with van der Waals surface area (Å²) in [6.07, 6.45) is 0. The highest BCUT2D eigenvalue weighted by Gasteiger charge is 2.28. The van der Waals surface area contributed by atoms with Gasteiger partial charge in [0.2, 0.25) is 0 Å². The van der Waals surface area contributed by atoms with Crippen molar-refractivity contribution in [2.75, 3.05) is 23.7 Å². The summed E-state index contributed by atoms with van der Waals surface area (Å²) in [5.41, 5.74) is 7.75. The summed E-state index contributed by atoms with van der Waals surface area (Å²) in [5.74, 6) is -0.774. The molecule has 3 rings (SSSR count). The summed E-state index contributed by atoms with van der Waals surface area (Å²) < 4.78 is 0. The molecule has 0 saturated carbocycles.